The minimum atomic E-state index is -0.101. The fourth-order valence-corrected chi connectivity index (χ4v) is 0.865. The number of aliphatic hydroxyl groups excluding tert-OH is 1. The van der Waals surface area contributed by atoms with Gasteiger partial charge in [-0.25, -0.2) is 0 Å². The second-order valence-corrected chi connectivity index (χ2v) is 3.21. The van der Waals surface area contributed by atoms with Crippen molar-refractivity contribution in [2.45, 2.75) is 26.3 Å². The Kier molecular flexibility index (Phi) is 6.54. The van der Waals surface area contributed by atoms with Gasteiger partial charge in [-0.3, -0.25) is 4.79 Å². The summed E-state index contributed by atoms with van der Waals surface area (Å²) in [6.45, 7) is 5.09. The highest BCUT2D eigenvalue weighted by atomic mass is 16.3. The van der Waals surface area contributed by atoms with E-state index >= 15 is 0 Å². The van der Waals surface area contributed by atoms with Crippen molar-refractivity contribution in [3.8, 4) is 0 Å². The van der Waals surface area contributed by atoms with Gasteiger partial charge in [0.15, 0.2) is 0 Å². The van der Waals surface area contributed by atoms with Crippen molar-refractivity contribution < 1.29 is 9.90 Å². The van der Waals surface area contributed by atoms with E-state index < -0.39 is 0 Å². The standard InChI is InChI=1S/C9H20N2O2/c1-4-5-10-6-9(13)11(3)8(2)7-12/h8,10,12H,4-7H2,1-3H3. The van der Waals surface area contributed by atoms with E-state index in [1.165, 1.54) is 0 Å². The van der Waals surface area contributed by atoms with Gasteiger partial charge in [0.1, 0.15) is 0 Å². The van der Waals surface area contributed by atoms with E-state index in [0.717, 1.165) is 13.0 Å². The fourth-order valence-electron chi connectivity index (χ4n) is 0.865. The summed E-state index contributed by atoms with van der Waals surface area (Å²) < 4.78 is 0. The number of rotatable bonds is 6. The molecule has 2 N–H and O–H groups in total. The summed E-state index contributed by atoms with van der Waals surface area (Å²) >= 11 is 0. The molecule has 4 nitrogen and oxygen atoms in total. The van der Waals surface area contributed by atoms with Crippen molar-refractivity contribution in [1.82, 2.24) is 10.2 Å². The highest BCUT2D eigenvalue weighted by molar-refractivity contribution is 5.78. The van der Waals surface area contributed by atoms with E-state index in [-0.39, 0.29) is 18.6 Å². The van der Waals surface area contributed by atoms with Gasteiger partial charge in [-0.15, -0.1) is 0 Å². The third kappa shape index (κ3) is 4.85. The first-order valence-electron chi connectivity index (χ1n) is 4.70. The average Bonchev–Trinajstić information content (AvgIpc) is 2.15. The first-order valence-corrected chi connectivity index (χ1v) is 4.70. The molecule has 0 aliphatic carbocycles. The number of amides is 1. The first kappa shape index (κ1) is 12.4. The van der Waals surface area contributed by atoms with E-state index in [4.69, 9.17) is 5.11 Å². The SMILES string of the molecule is CCCNCC(=O)N(C)C(C)CO. The third-order valence-corrected chi connectivity index (χ3v) is 2.02. The summed E-state index contributed by atoms with van der Waals surface area (Å²) in [5.74, 6) is 0.0231. The van der Waals surface area contributed by atoms with Crippen LogP contribution >= 0.6 is 0 Å². The average molecular weight is 188 g/mol. The zero-order valence-electron chi connectivity index (χ0n) is 8.71. The summed E-state index contributed by atoms with van der Waals surface area (Å²) in [5, 5.41) is 11.8. The molecule has 0 heterocycles. The molecule has 1 unspecified atom stereocenters. The second kappa shape index (κ2) is 6.86. The van der Waals surface area contributed by atoms with Crippen LogP contribution in [0.15, 0.2) is 0 Å². The number of nitrogens with one attached hydrogen (secondary N) is 1. The number of hydrogen-bond donors (Lipinski definition) is 2. The number of carbonyl (C=O) groups is 1. The predicted molar refractivity (Wildman–Crippen MR) is 52.5 cm³/mol. The van der Waals surface area contributed by atoms with E-state index in [1.54, 1.807) is 11.9 Å². The number of nitrogens with zero attached hydrogens (tertiary/aromatic N) is 1. The van der Waals surface area contributed by atoms with Crippen molar-refractivity contribution in [2.24, 2.45) is 0 Å². The topological polar surface area (TPSA) is 52.6 Å². The van der Waals surface area contributed by atoms with Crippen LogP contribution in [0, 0.1) is 0 Å². The van der Waals surface area contributed by atoms with Crippen LogP contribution in [0.3, 0.4) is 0 Å². The molecule has 78 valence electrons. The van der Waals surface area contributed by atoms with Gasteiger partial charge < -0.3 is 15.3 Å². The molecule has 0 aromatic carbocycles. The zero-order valence-corrected chi connectivity index (χ0v) is 8.71. The summed E-state index contributed by atoms with van der Waals surface area (Å²) in [6.07, 6.45) is 1.02. The van der Waals surface area contributed by atoms with Gasteiger partial charge >= 0.3 is 0 Å². The van der Waals surface area contributed by atoms with Crippen LogP contribution in [0.4, 0.5) is 0 Å². The Morgan fingerprint density at radius 2 is 2.23 bits per heavy atom. The fraction of sp³-hybridized carbons (Fsp3) is 0.889. The maximum absolute atomic E-state index is 11.4. The monoisotopic (exact) mass is 188 g/mol. The largest absolute Gasteiger partial charge is 0.394 e. The van der Waals surface area contributed by atoms with Gasteiger partial charge in [0.2, 0.25) is 5.91 Å². The summed E-state index contributed by atoms with van der Waals surface area (Å²) in [4.78, 5) is 12.9. The van der Waals surface area contributed by atoms with Crippen molar-refractivity contribution in [2.75, 3.05) is 26.7 Å². The lowest BCUT2D eigenvalue weighted by atomic mass is 10.3. The molecule has 0 spiro atoms. The Morgan fingerprint density at radius 3 is 2.69 bits per heavy atom. The quantitative estimate of drug-likeness (QED) is 0.569. The minimum absolute atomic E-state index is 0.00994. The molecular formula is C9H20N2O2. The second-order valence-electron chi connectivity index (χ2n) is 3.21. The van der Waals surface area contributed by atoms with Gasteiger partial charge in [0, 0.05) is 7.05 Å². The van der Waals surface area contributed by atoms with E-state index in [1.807, 2.05) is 6.92 Å². The third-order valence-electron chi connectivity index (χ3n) is 2.02. The molecule has 0 radical (unpaired) electrons. The van der Waals surface area contributed by atoms with Gasteiger partial charge in [-0.05, 0) is 19.9 Å². The molecule has 1 atom stereocenters. The van der Waals surface area contributed by atoms with Crippen LogP contribution < -0.4 is 5.32 Å². The van der Waals surface area contributed by atoms with Crippen LogP contribution in [0.5, 0.6) is 0 Å². The number of carbonyl (C=O) groups excluding carboxylic acids is 1. The van der Waals surface area contributed by atoms with E-state index in [2.05, 4.69) is 12.2 Å². The summed E-state index contributed by atoms with van der Waals surface area (Å²) in [7, 11) is 1.71. The van der Waals surface area contributed by atoms with E-state index in [0.29, 0.717) is 6.54 Å². The van der Waals surface area contributed by atoms with Gasteiger partial charge in [-0.2, -0.15) is 0 Å². The number of aliphatic hydroxyl groups is 1. The maximum atomic E-state index is 11.4. The van der Waals surface area contributed by atoms with Crippen LogP contribution in [0.2, 0.25) is 0 Å². The minimum Gasteiger partial charge on any atom is -0.394 e. The molecule has 0 aromatic rings. The lowest BCUT2D eigenvalue weighted by Crippen LogP contribution is -2.42. The van der Waals surface area contributed by atoms with Crippen molar-refractivity contribution in [3.63, 3.8) is 0 Å². The summed E-state index contributed by atoms with van der Waals surface area (Å²) in [6, 6.07) is -0.101. The molecule has 0 saturated carbocycles. The lowest BCUT2D eigenvalue weighted by molar-refractivity contribution is -0.131. The van der Waals surface area contributed by atoms with Crippen molar-refractivity contribution >= 4 is 5.91 Å². The molecule has 0 aliphatic rings. The Bertz CT molecular complexity index is 151. The van der Waals surface area contributed by atoms with Crippen molar-refractivity contribution in [3.05, 3.63) is 0 Å². The Hall–Kier alpha value is -0.610. The summed E-state index contributed by atoms with van der Waals surface area (Å²) in [5.41, 5.74) is 0. The molecule has 13 heavy (non-hydrogen) atoms. The molecular weight excluding hydrogens is 168 g/mol. The maximum Gasteiger partial charge on any atom is 0.236 e. The zero-order chi connectivity index (χ0) is 10.3. The smallest absolute Gasteiger partial charge is 0.236 e. The Labute approximate surface area is 79.9 Å². The van der Waals surface area contributed by atoms with E-state index in [9.17, 15) is 4.79 Å². The van der Waals surface area contributed by atoms with Gasteiger partial charge in [-0.1, -0.05) is 6.92 Å². The molecule has 0 bridgehead atoms. The Balaban J connectivity index is 3.69. The normalized spacial score (nSPS) is 12.6. The molecule has 0 fully saturated rings. The molecule has 4 heteroatoms. The molecule has 0 saturated heterocycles. The molecule has 0 aliphatic heterocycles. The highest BCUT2D eigenvalue weighted by Gasteiger charge is 2.13. The number of likely N-dealkylation sites (N-methyl/N-ethyl adjacent to an activating group) is 1. The molecule has 0 rings (SSSR count). The van der Waals surface area contributed by atoms with Crippen LogP contribution in [-0.4, -0.2) is 48.7 Å². The first-order chi connectivity index (χ1) is 6.13. The highest BCUT2D eigenvalue weighted by Crippen LogP contribution is 1.93. The molecule has 1 amide bonds. The van der Waals surface area contributed by atoms with Crippen molar-refractivity contribution in [1.29, 1.82) is 0 Å². The van der Waals surface area contributed by atoms with Crippen LogP contribution in [-0.2, 0) is 4.79 Å². The number of hydrogen-bond acceptors (Lipinski definition) is 3. The predicted octanol–water partition coefficient (Wildman–Crippen LogP) is -0.175. The Morgan fingerprint density at radius 1 is 1.62 bits per heavy atom. The molecule has 0 aromatic heterocycles. The van der Waals surface area contributed by atoms with Gasteiger partial charge in [0.05, 0.1) is 19.2 Å². The van der Waals surface area contributed by atoms with Gasteiger partial charge in [0.25, 0.3) is 0 Å². The van der Waals surface area contributed by atoms with Crippen LogP contribution in [0.25, 0.3) is 0 Å². The van der Waals surface area contributed by atoms with Crippen LogP contribution in [0.1, 0.15) is 20.3 Å². The lowest BCUT2D eigenvalue weighted by Gasteiger charge is -2.23.